The maximum absolute atomic E-state index is 11.3. The normalized spacial score (nSPS) is 24.4. The summed E-state index contributed by atoms with van der Waals surface area (Å²) in [6.07, 6.45) is 5.55. The highest BCUT2D eigenvalue weighted by Gasteiger charge is 2.46. The summed E-state index contributed by atoms with van der Waals surface area (Å²) in [5, 5.41) is 11.3. The van der Waals surface area contributed by atoms with Crippen LogP contribution >= 0.6 is 0 Å². The zero-order valence-corrected chi connectivity index (χ0v) is 12.2. The first kappa shape index (κ1) is 13.0. The van der Waals surface area contributed by atoms with E-state index in [2.05, 4.69) is 21.7 Å². The Morgan fingerprint density at radius 3 is 2.86 bits per heavy atom. The van der Waals surface area contributed by atoms with Crippen LogP contribution in [0.1, 0.15) is 31.4 Å². The molecule has 1 saturated heterocycles. The molecule has 1 N–H and O–H groups in total. The van der Waals surface area contributed by atoms with Gasteiger partial charge in [-0.05, 0) is 31.2 Å². The Labute approximate surface area is 124 Å². The van der Waals surface area contributed by atoms with E-state index in [0.717, 1.165) is 31.7 Å². The number of hydrogen-bond acceptors (Lipinski definition) is 3. The van der Waals surface area contributed by atoms with Crippen LogP contribution in [-0.2, 0) is 4.74 Å². The Morgan fingerprint density at radius 1 is 1.29 bits per heavy atom. The fourth-order valence-corrected chi connectivity index (χ4v) is 3.94. The average molecular weight is 284 g/mol. The topological polar surface area (TPSA) is 47.3 Å². The van der Waals surface area contributed by atoms with Gasteiger partial charge in [0.25, 0.3) is 0 Å². The van der Waals surface area contributed by atoms with E-state index in [1.807, 2.05) is 31.6 Å². The summed E-state index contributed by atoms with van der Waals surface area (Å²) in [6.45, 7) is 3.46. The van der Waals surface area contributed by atoms with E-state index in [1.165, 1.54) is 11.1 Å². The fraction of sp³-hybridized carbons (Fsp3) is 0.471. The Morgan fingerprint density at radius 2 is 2.05 bits per heavy atom. The van der Waals surface area contributed by atoms with Crippen LogP contribution in [-0.4, -0.2) is 33.5 Å². The van der Waals surface area contributed by atoms with Crippen molar-refractivity contribution < 1.29 is 9.84 Å². The molecule has 2 aliphatic rings. The summed E-state index contributed by atoms with van der Waals surface area (Å²) in [4.78, 5) is 4.28. The van der Waals surface area contributed by atoms with E-state index in [1.54, 1.807) is 0 Å². The Balaban J connectivity index is 1.81. The summed E-state index contributed by atoms with van der Waals surface area (Å²) < 4.78 is 7.58. The third-order valence-corrected chi connectivity index (χ3v) is 5.08. The van der Waals surface area contributed by atoms with Crippen molar-refractivity contribution >= 4 is 0 Å². The van der Waals surface area contributed by atoms with Gasteiger partial charge < -0.3 is 14.4 Å². The first-order chi connectivity index (χ1) is 10.2. The molecule has 2 aromatic rings. The van der Waals surface area contributed by atoms with E-state index < -0.39 is 5.60 Å². The van der Waals surface area contributed by atoms with Crippen molar-refractivity contribution in [2.45, 2.75) is 31.4 Å². The quantitative estimate of drug-likeness (QED) is 0.922. The first-order valence-corrected chi connectivity index (χ1v) is 7.61. The van der Waals surface area contributed by atoms with Gasteiger partial charge in [-0.2, -0.15) is 0 Å². The number of fused-ring (bicyclic) bond motifs is 3. The van der Waals surface area contributed by atoms with Crippen LogP contribution in [0.15, 0.2) is 36.8 Å². The minimum Gasteiger partial charge on any atom is -0.387 e. The van der Waals surface area contributed by atoms with Crippen molar-refractivity contribution in [1.29, 1.82) is 0 Å². The molecule has 1 fully saturated rings. The van der Waals surface area contributed by atoms with Gasteiger partial charge in [0.15, 0.2) is 0 Å². The number of nitrogens with zero attached hydrogens (tertiary/aromatic N) is 2. The molecule has 0 amide bonds. The second-order valence-electron chi connectivity index (χ2n) is 6.29. The van der Waals surface area contributed by atoms with E-state index in [0.29, 0.717) is 0 Å². The van der Waals surface area contributed by atoms with Gasteiger partial charge >= 0.3 is 0 Å². The molecule has 0 saturated carbocycles. The molecule has 110 valence electrons. The highest BCUT2D eigenvalue weighted by molar-refractivity contribution is 5.69. The highest BCUT2D eigenvalue weighted by atomic mass is 16.5. The number of benzene rings is 1. The van der Waals surface area contributed by atoms with Crippen LogP contribution in [0.4, 0.5) is 0 Å². The van der Waals surface area contributed by atoms with Crippen molar-refractivity contribution in [3.05, 3.63) is 42.4 Å². The van der Waals surface area contributed by atoms with Crippen LogP contribution in [0.5, 0.6) is 0 Å². The molecule has 0 radical (unpaired) electrons. The molecule has 4 nitrogen and oxygen atoms in total. The zero-order chi connectivity index (χ0) is 14.4. The molecule has 4 heteroatoms. The molecule has 0 aliphatic carbocycles. The minimum atomic E-state index is -0.800. The monoisotopic (exact) mass is 284 g/mol. The van der Waals surface area contributed by atoms with Crippen molar-refractivity contribution in [1.82, 2.24) is 9.55 Å². The predicted molar refractivity (Wildman–Crippen MR) is 80.0 cm³/mol. The zero-order valence-electron chi connectivity index (χ0n) is 12.2. The smallest absolute Gasteiger partial charge is 0.0957 e. The largest absolute Gasteiger partial charge is 0.387 e. The standard InChI is InChI=1S/C17H20N2O2/c1-17(20,12-6-8-21-9-7-12)16-14-5-3-2-4-13(14)15-10-18-11-19(15)16/h2-5,10-12,16,20H,6-9H2,1H3/t16?,17-/m0/s1. The Kier molecular flexibility index (Phi) is 2.91. The van der Waals surface area contributed by atoms with Gasteiger partial charge in [-0.1, -0.05) is 24.3 Å². The third-order valence-electron chi connectivity index (χ3n) is 5.08. The van der Waals surface area contributed by atoms with Crippen molar-refractivity contribution in [2.24, 2.45) is 5.92 Å². The van der Waals surface area contributed by atoms with Gasteiger partial charge in [-0.3, -0.25) is 0 Å². The number of aliphatic hydroxyl groups is 1. The second kappa shape index (κ2) is 4.68. The average Bonchev–Trinajstić information content (AvgIpc) is 3.08. The lowest BCUT2D eigenvalue weighted by atomic mass is 9.76. The van der Waals surface area contributed by atoms with Crippen LogP contribution < -0.4 is 0 Å². The predicted octanol–water partition coefficient (Wildman–Crippen LogP) is 2.63. The molecule has 2 atom stereocenters. The van der Waals surface area contributed by atoms with Gasteiger partial charge in [0.1, 0.15) is 0 Å². The van der Waals surface area contributed by atoms with Crippen molar-refractivity contribution in [2.75, 3.05) is 13.2 Å². The van der Waals surface area contributed by atoms with E-state index in [9.17, 15) is 5.11 Å². The van der Waals surface area contributed by atoms with Crippen LogP contribution in [0, 0.1) is 5.92 Å². The number of aromatic nitrogens is 2. The van der Waals surface area contributed by atoms with Crippen LogP contribution in [0.3, 0.4) is 0 Å². The van der Waals surface area contributed by atoms with Gasteiger partial charge in [0.05, 0.1) is 29.9 Å². The number of rotatable bonds is 2. The first-order valence-electron chi connectivity index (χ1n) is 7.61. The molecule has 0 bridgehead atoms. The second-order valence-corrected chi connectivity index (χ2v) is 6.29. The highest BCUT2D eigenvalue weighted by Crippen LogP contribution is 2.48. The maximum atomic E-state index is 11.3. The maximum Gasteiger partial charge on any atom is 0.0957 e. The molecule has 1 aromatic carbocycles. The Hall–Kier alpha value is -1.65. The lowest BCUT2D eigenvalue weighted by Gasteiger charge is -2.40. The molecule has 3 heterocycles. The summed E-state index contributed by atoms with van der Waals surface area (Å²) in [5.74, 6) is 0.248. The molecule has 0 spiro atoms. The number of imidazole rings is 1. The third kappa shape index (κ3) is 1.86. The lowest BCUT2D eigenvalue weighted by molar-refractivity contribution is -0.0747. The van der Waals surface area contributed by atoms with Gasteiger partial charge in [0.2, 0.25) is 0 Å². The van der Waals surface area contributed by atoms with Gasteiger partial charge in [0, 0.05) is 18.8 Å². The molecule has 1 aromatic heterocycles. The summed E-state index contributed by atoms with van der Waals surface area (Å²) in [5.41, 5.74) is 2.69. The number of ether oxygens (including phenoxy) is 1. The van der Waals surface area contributed by atoms with Gasteiger partial charge in [-0.15, -0.1) is 0 Å². The fourth-order valence-electron chi connectivity index (χ4n) is 3.94. The van der Waals surface area contributed by atoms with E-state index in [-0.39, 0.29) is 12.0 Å². The summed E-state index contributed by atoms with van der Waals surface area (Å²) >= 11 is 0. The molecule has 4 rings (SSSR count). The SMILES string of the molecule is C[C@](O)(C1CCOCC1)C1c2ccccc2-c2cncn21. The molecule has 1 unspecified atom stereocenters. The summed E-state index contributed by atoms with van der Waals surface area (Å²) in [7, 11) is 0. The Bertz CT molecular complexity index is 656. The molecular formula is C17H20N2O2. The molecule has 21 heavy (non-hydrogen) atoms. The van der Waals surface area contributed by atoms with E-state index in [4.69, 9.17) is 4.74 Å². The van der Waals surface area contributed by atoms with Crippen LogP contribution in [0.25, 0.3) is 11.3 Å². The summed E-state index contributed by atoms with van der Waals surface area (Å²) in [6, 6.07) is 8.27. The molecular weight excluding hydrogens is 264 g/mol. The molecule has 2 aliphatic heterocycles. The van der Waals surface area contributed by atoms with Crippen molar-refractivity contribution in [3.63, 3.8) is 0 Å². The lowest BCUT2D eigenvalue weighted by Crippen LogP contribution is -2.45. The van der Waals surface area contributed by atoms with Crippen molar-refractivity contribution in [3.8, 4) is 11.3 Å². The van der Waals surface area contributed by atoms with E-state index >= 15 is 0 Å². The minimum absolute atomic E-state index is 0.0608. The number of hydrogen-bond donors (Lipinski definition) is 1. The van der Waals surface area contributed by atoms with Gasteiger partial charge in [-0.25, -0.2) is 4.98 Å². The van der Waals surface area contributed by atoms with Crippen LogP contribution in [0.2, 0.25) is 0 Å².